The molecule has 0 heterocycles. The van der Waals surface area contributed by atoms with Gasteiger partial charge in [-0.15, -0.1) is 0 Å². The van der Waals surface area contributed by atoms with Crippen molar-refractivity contribution in [3.8, 4) is 0 Å². The Labute approximate surface area is 118 Å². The van der Waals surface area contributed by atoms with Gasteiger partial charge in [0.15, 0.2) is 0 Å². The van der Waals surface area contributed by atoms with Crippen molar-refractivity contribution in [2.75, 3.05) is 6.54 Å². The van der Waals surface area contributed by atoms with Gasteiger partial charge in [-0.25, -0.2) is 17.9 Å². The molecule has 1 aromatic carbocycles. The predicted octanol–water partition coefficient (Wildman–Crippen LogP) is 1.86. The van der Waals surface area contributed by atoms with E-state index >= 15 is 0 Å². The molecular formula is C14H17NO4S. The van der Waals surface area contributed by atoms with E-state index in [-0.39, 0.29) is 16.4 Å². The van der Waals surface area contributed by atoms with E-state index in [0.717, 1.165) is 12.0 Å². The Kier molecular flexibility index (Phi) is 3.71. The Hall–Kier alpha value is -1.66. The zero-order valence-corrected chi connectivity index (χ0v) is 12.3. The first-order chi connectivity index (χ1) is 9.22. The molecule has 0 saturated heterocycles. The quantitative estimate of drug-likeness (QED) is 0.812. The molecule has 2 N–H and O–H groups in total. The molecule has 0 aliphatic heterocycles. The number of hydrogen-bond acceptors (Lipinski definition) is 3. The maximum atomic E-state index is 12.2. The zero-order valence-electron chi connectivity index (χ0n) is 11.4. The summed E-state index contributed by atoms with van der Waals surface area (Å²) in [5.74, 6) is -0.923. The first-order valence-electron chi connectivity index (χ1n) is 6.24. The second-order valence-electron chi connectivity index (χ2n) is 5.13. The van der Waals surface area contributed by atoms with Crippen molar-refractivity contribution in [1.82, 2.24) is 4.72 Å². The summed E-state index contributed by atoms with van der Waals surface area (Å²) < 4.78 is 26.9. The summed E-state index contributed by atoms with van der Waals surface area (Å²) in [5, 5.41) is 9.12. The summed E-state index contributed by atoms with van der Waals surface area (Å²) in [7, 11) is -3.69. The molecule has 0 bridgehead atoms. The number of aromatic carboxylic acids is 1. The molecule has 1 aliphatic carbocycles. The van der Waals surface area contributed by atoms with Crippen LogP contribution >= 0.6 is 0 Å². The van der Waals surface area contributed by atoms with Crippen LogP contribution in [0.25, 0.3) is 0 Å². The largest absolute Gasteiger partial charge is 0.478 e. The number of carbonyl (C=O) groups is 1. The van der Waals surface area contributed by atoms with Gasteiger partial charge in [0, 0.05) is 6.54 Å². The van der Waals surface area contributed by atoms with Gasteiger partial charge in [-0.2, -0.15) is 0 Å². The highest BCUT2D eigenvalue weighted by molar-refractivity contribution is 7.89. The summed E-state index contributed by atoms with van der Waals surface area (Å²) in [6.07, 6.45) is 0.843. The van der Waals surface area contributed by atoms with Crippen LogP contribution in [0.2, 0.25) is 0 Å². The molecule has 0 radical (unpaired) electrons. The lowest BCUT2D eigenvalue weighted by Crippen LogP contribution is -2.26. The third-order valence-corrected chi connectivity index (χ3v) is 5.03. The van der Waals surface area contributed by atoms with Crippen molar-refractivity contribution in [1.29, 1.82) is 0 Å². The summed E-state index contributed by atoms with van der Waals surface area (Å²) in [6.45, 7) is 7.45. The average Bonchev–Trinajstić information content (AvgIpc) is 3.06. The third kappa shape index (κ3) is 2.91. The van der Waals surface area contributed by atoms with E-state index in [0.29, 0.717) is 17.7 Å². The molecule has 2 rings (SSSR count). The normalized spacial score (nSPS) is 18.1. The molecule has 6 heteroatoms. The van der Waals surface area contributed by atoms with E-state index in [1.165, 1.54) is 12.1 Å². The van der Waals surface area contributed by atoms with Crippen LogP contribution in [0.1, 0.15) is 27.9 Å². The zero-order chi connectivity index (χ0) is 15.1. The van der Waals surface area contributed by atoms with Gasteiger partial charge < -0.3 is 5.11 Å². The number of rotatable bonds is 5. The van der Waals surface area contributed by atoms with E-state index in [4.69, 9.17) is 5.11 Å². The maximum Gasteiger partial charge on any atom is 0.336 e. The summed E-state index contributed by atoms with van der Waals surface area (Å²) >= 11 is 0. The molecule has 108 valence electrons. The molecule has 20 heavy (non-hydrogen) atoms. The summed E-state index contributed by atoms with van der Waals surface area (Å²) in [5.41, 5.74) is 2.27. The fraction of sp³-hybridized carbons (Fsp3) is 0.357. The van der Waals surface area contributed by atoms with E-state index in [9.17, 15) is 13.2 Å². The van der Waals surface area contributed by atoms with Crippen LogP contribution in [0.4, 0.5) is 0 Å². The molecule has 1 aliphatic rings. The van der Waals surface area contributed by atoms with E-state index < -0.39 is 16.0 Å². The Morgan fingerprint density at radius 1 is 1.45 bits per heavy atom. The molecule has 0 spiro atoms. The standard InChI is InChI=1S/C14H17NO4S/c1-8-5-12(6-13(10(8)3)14(16)17)20(18,19)15-7-11-4-9(11)2/h5-6,11,15H,2,4,7H2,1,3H3,(H,16,17). The van der Waals surface area contributed by atoms with Crippen LogP contribution in [0.3, 0.4) is 0 Å². The number of hydrogen-bond donors (Lipinski definition) is 2. The Bertz CT molecular complexity index is 691. The first kappa shape index (κ1) is 14.7. The SMILES string of the molecule is C=C1CC1CNS(=O)(=O)c1cc(C)c(C)c(C(=O)O)c1. The van der Waals surface area contributed by atoms with Crippen LogP contribution in [-0.4, -0.2) is 26.0 Å². The minimum absolute atomic E-state index is 0.00994. The van der Waals surface area contributed by atoms with Crippen LogP contribution < -0.4 is 4.72 Å². The fourth-order valence-corrected chi connectivity index (χ4v) is 3.16. The molecule has 5 nitrogen and oxygen atoms in total. The van der Waals surface area contributed by atoms with Gasteiger partial charge in [0.1, 0.15) is 0 Å². The van der Waals surface area contributed by atoms with Gasteiger partial charge in [0.05, 0.1) is 10.5 Å². The lowest BCUT2D eigenvalue weighted by Gasteiger charge is -2.11. The third-order valence-electron chi connectivity index (χ3n) is 3.63. The highest BCUT2D eigenvalue weighted by atomic mass is 32.2. The Morgan fingerprint density at radius 2 is 2.05 bits per heavy atom. The first-order valence-corrected chi connectivity index (χ1v) is 7.72. The van der Waals surface area contributed by atoms with Crippen molar-refractivity contribution >= 4 is 16.0 Å². The summed E-state index contributed by atoms with van der Waals surface area (Å²) in [6, 6.07) is 2.69. The van der Waals surface area contributed by atoms with Crippen LogP contribution in [0.15, 0.2) is 29.2 Å². The van der Waals surface area contributed by atoms with Crippen LogP contribution in [0, 0.1) is 19.8 Å². The number of carboxylic acids is 1. The number of nitrogens with one attached hydrogen (secondary N) is 1. The molecule has 1 atom stereocenters. The molecule has 1 saturated carbocycles. The van der Waals surface area contributed by atoms with Crippen molar-refractivity contribution in [3.63, 3.8) is 0 Å². The Morgan fingerprint density at radius 3 is 2.55 bits per heavy atom. The fourth-order valence-electron chi connectivity index (χ4n) is 1.97. The molecule has 0 aromatic heterocycles. The predicted molar refractivity (Wildman–Crippen MR) is 75.3 cm³/mol. The summed E-state index contributed by atoms with van der Waals surface area (Å²) in [4.78, 5) is 11.1. The van der Waals surface area contributed by atoms with Crippen molar-refractivity contribution < 1.29 is 18.3 Å². The monoisotopic (exact) mass is 295 g/mol. The molecule has 1 unspecified atom stereocenters. The minimum Gasteiger partial charge on any atom is -0.478 e. The van der Waals surface area contributed by atoms with E-state index in [2.05, 4.69) is 11.3 Å². The van der Waals surface area contributed by atoms with E-state index in [1.54, 1.807) is 13.8 Å². The maximum absolute atomic E-state index is 12.2. The highest BCUT2D eigenvalue weighted by Gasteiger charge is 2.29. The van der Waals surface area contributed by atoms with Crippen LogP contribution in [0.5, 0.6) is 0 Å². The van der Waals surface area contributed by atoms with Gasteiger partial charge in [-0.05, 0) is 49.4 Å². The van der Waals surface area contributed by atoms with Crippen molar-refractivity contribution in [2.45, 2.75) is 25.2 Å². The number of sulfonamides is 1. The number of carboxylic acid groups (broad SMARTS) is 1. The van der Waals surface area contributed by atoms with Gasteiger partial charge in [0.25, 0.3) is 0 Å². The lowest BCUT2D eigenvalue weighted by atomic mass is 10.0. The van der Waals surface area contributed by atoms with Crippen LogP contribution in [-0.2, 0) is 10.0 Å². The second-order valence-corrected chi connectivity index (χ2v) is 6.90. The van der Waals surface area contributed by atoms with Gasteiger partial charge >= 0.3 is 5.97 Å². The highest BCUT2D eigenvalue weighted by Crippen LogP contribution is 2.35. The van der Waals surface area contributed by atoms with E-state index in [1.807, 2.05) is 0 Å². The van der Waals surface area contributed by atoms with Crippen molar-refractivity contribution in [3.05, 3.63) is 41.0 Å². The molecule has 0 amide bonds. The smallest absolute Gasteiger partial charge is 0.336 e. The van der Waals surface area contributed by atoms with Gasteiger partial charge in [0.2, 0.25) is 10.0 Å². The number of aryl methyl sites for hydroxylation is 1. The lowest BCUT2D eigenvalue weighted by molar-refractivity contribution is 0.0695. The molecule has 1 fully saturated rings. The van der Waals surface area contributed by atoms with Gasteiger partial charge in [-0.3, -0.25) is 0 Å². The van der Waals surface area contributed by atoms with Gasteiger partial charge in [-0.1, -0.05) is 12.2 Å². The van der Waals surface area contributed by atoms with Crippen molar-refractivity contribution in [2.24, 2.45) is 5.92 Å². The minimum atomic E-state index is -3.69. The number of benzene rings is 1. The second kappa shape index (κ2) is 5.03. The molecule has 1 aromatic rings. The Balaban J connectivity index is 2.31. The molecular weight excluding hydrogens is 278 g/mol. The topological polar surface area (TPSA) is 83.5 Å². The average molecular weight is 295 g/mol.